The molecule has 9 N–H and O–H groups in total. The summed E-state index contributed by atoms with van der Waals surface area (Å²) in [6.07, 6.45) is -14.8. The van der Waals surface area contributed by atoms with Crippen molar-refractivity contribution < 1.29 is 78.9 Å². The number of fused-ring (bicyclic) bond motifs is 6. The lowest BCUT2D eigenvalue weighted by molar-refractivity contribution is -0.329. The minimum Gasteiger partial charge on any atom is -0.460 e. The van der Waals surface area contributed by atoms with E-state index in [1.54, 1.807) is 6.07 Å². The van der Waals surface area contributed by atoms with Gasteiger partial charge in [0.1, 0.15) is 71.8 Å². The summed E-state index contributed by atoms with van der Waals surface area (Å²) in [7, 11) is 3.71. The fourth-order valence-electron chi connectivity index (χ4n) is 7.42. The molecular weight excluding hydrogens is 811 g/mol. The summed E-state index contributed by atoms with van der Waals surface area (Å²) in [5, 5.41) is 85.1. The highest BCUT2D eigenvalue weighted by Gasteiger charge is 2.56. The van der Waals surface area contributed by atoms with Gasteiger partial charge in [-0.25, -0.2) is 4.79 Å². The van der Waals surface area contributed by atoms with E-state index in [9.17, 15) is 50.4 Å². The maximum absolute atomic E-state index is 13.9. The number of hydrogen-bond donors (Lipinski definition) is 9. The van der Waals surface area contributed by atoms with Crippen LogP contribution in [0.4, 0.5) is 0 Å². The molecule has 7 rings (SSSR count). The number of carbonyl (C=O) groups excluding carboxylic acids is 2. The molecule has 0 aliphatic carbocycles. The highest BCUT2D eigenvalue weighted by atomic mass is 35.5. The summed E-state index contributed by atoms with van der Waals surface area (Å²) in [6.45, 7) is 0.718. The van der Waals surface area contributed by atoms with Crippen molar-refractivity contribution in [3.63, 3.8) is 0 Å². The zero-order valence-electron chi connectivity index (χ0n) is 31.1. The van der Waals surface area contributed by atoms with E-state index in [1.165, 1.54) is 43.3 Å². The molecule has 3 aromatic rings. The molecule has 2 saturated heterocycles. The molecule has 58 heavy (non-hydrogen) atoms. The Hall–Kier alpha value is -3.86. The average molecular weight is 854 g/mol. The average Bonchev–Trinajstić information content (AvgIpc) is 3.48. The number of rotatable bonds is 10. The number of hydrogen-bond acceptors (Lipinski definition) is 17. The summed E-state index contributed by atoms with van der Waals surface area (Å²) >= 11 is 13.6. The van der Waals surface area contributed by atoms with Gasteiger partial charge in [-0.05, 0) is 38.4 Å². The second-order valence-corrected chi connectivity index (χ2v) is 15.6. The van der Waals surface area contributed by atoms with Crippen LogP contribution in [-0.2, 0) is 19.8 Å². The van der Waals surface area contributed by atoms with E-state index in [0.29, 0.717) is 13.1 Å². The molecule has 1 amide bonds. The summed E-state index contributed by atoms with van der Waals surface area (Å²) in [5.74, 6) is -3.75. The molecule has 0 radical (unpaired) electrons. The van der Waals surface area contributed by atoms with Gasteiger partial charge in [0, 0.05) is 54.4 Å². The first-order valence-corrected chi connectivity index (χ1v) is 18.8. The van der Waals surface area contributed by atoms with Crippen LogP contribution in [0, 0.1) is 0 Å². The van der Waals surface area contributed by atoms with Crippen LogP contribution in [0.1, 0.15) is 44.3 Å². The van der Waals surface area contributed by atoms with Gasteiger partial charge in [0.2, 0.25) is 12.1 Å². The standard InChI is InChI=1S/C38H42Cl2N2O16/c1-37(33(50)31(48)29(46)27(14-44)57-37)56-25-12-23-19(10-21(25)40)38(17-5-4-15(8-16(17)35(52)58-38)34(51)41-6-7-42(2)3)18-9-20(39)24(11-22(18)53-23)54-36-32(49)30(47)28(45)26(13-43)55-36/h4-5,8-12,26-33,36,43-50H,6-7,13-14H2,1-3H3,(H,41,51)/t26?,27?,28-,29+,30-,31+,32?,33?,36+,37-,38?/m1/s1. The van der Waals surface area contributed by atoms with Crippen molar-refractivity contribution >= 4 is 35.1 Å². The fourth-order valence-corrected chi connectivity index (χ4v) is 7.83. The molecule has 1 spiro atoms. The maximum atomic E-state index is 13.9. The van der Waals surface area contributed by atoms with E-state index in [4.69, 9.17) is 51.6 Å². The Kier molecular flexibility index (Phi) is 11.6. The van der Waals surface area contributed by atoms with Gasteiger partial charge in [-0.1, -0.05) is 29.3 Å². The zero-order valence-corrected chi connectivity index (χ0v) is 32.6. The monoisotopic (exact) mass is 852 g/mol. The Labute approximate surface area is 340 Å². The molecule has 0 bridgehead atoms. The topological polar surface area (TPSA) is 267 Å². The molecule has 0 aromatic heterocycles. The minimum absolute atomic E-state index is 0.0297. The second-order valence-electron chi connectivity index (χ2n) is 14.7. The number of likely N-dealkylation sites (N-methyl/N-ethyl adjacent to an activating group) is 1. The first-order chi connectivity index (χ1) is 27.4. The van der Waals surface area contributed by atoms with Gasteiger partial charge in [0.05, 0.1) is 28.8 Å². The molecule has 18 nitrogen and oxygen atoms in total. The SMILES string of the molecule is CN(C)CCNC(=O)c1ccc2c(c1)C(=O)OC21c2cc(Cl)c(O[C@H]3OC(CO)[C@@H](O)[C@@H](O)C3O)cc2Oc2cc(O[C@]3(C)OC(CO)[C@H](O)[C@H](O)C3O)c(Cl)cc21. The van der Waals surface area contributed by atoms with E-state index >= 15 is 0 Å². The highest BCUT2D eigenvalue weighted by Crippen LogP contribution is 2.59. The van der Waals surface area contributed by atoms with E-state index in [2.05, 4.69) is 5.32 Å². The van der Waals surface area contributed by atoms with Crippen LogP contribution in [0.2, 0.25) is 10.0 Å². The summed E-state index contributed by atoms with van der Waals surface area (Å²) < 4.78 is 35.7. The third-order valence-corrected chi connectivity index (χ3v) is 11.2. The van der Waals surface area contributed by atoms with E-state index < -0.39 is 91.6 Å². The molecule has 4 heterocycles. The van der Waals surface area contributed by atoms with Crippen molar-refractivity contribution in [2.45, 2.75) is 73.4 Å². The van der Waals surface area contributed by atoms with E-state index in [1.807, 2.05) is 19.0 Å². The van der Waals surface area contributed by atoms with Crippen LogP contribution >= 0.6 is 23.2 Å². The smallest absolute Gasteiger partial charge is 0.340 e. The predicted octanol–water partition coefficient (Wildman–Crippen LogP) is -0.400. The van der Waals surface area contributed by atoms with Crippen molar-refractivity contribution in [1.82, 2.24) is 10.2 Å². The van der Waals surface area contributed by atoms with Gasteiger partial charge in [-0.2, -0.15) is 0 Å². The number of aliphatic hydroxyl groups is 8. The van der Waals surface area contributed by atoms with E-state index in [0.717, 1.165) is 0 Å². The lowest BCUT2D eigenvalue weighted by Gasteiger charge is -2.46. The first-order valence-electron chi connectivity index (χ1n) is 18.1. The third-order valence-electron chi connectivity index (χ3n) is 10.6. The lowest BCUT2D eigenvalue weighted by Crippen LogP contribution is -2.66. The number of benzene rings is 3. The Morgan fingerprint density at radius 3 is 2.09 bits per heavy atom. The highest BCUT2D eigenvalue weighted by molar-refractivity contribution is 6.32. The minimum atomic E-state index is -2.08. The van der Waals surface area contributed by atoms with Gasteiger partial charge < -0.3 is 79.5 Å². The summed E-state index contributed by atoms with van der Waals surface area (Å²) in [4.78, 5) is 28.9. The molecule has 20 heteroatoms. The number of nitrogens with one attached hydrogen (secondary N) is 1. The first kappa shape index (κ1) is 42.3. The zero-order chi connectivity index (χ0) is 42.0. The van der Waals surface area contributed by atoms with Crippen molar-refractivity contribution in [3.8, 4) is 23.0 Å². The van der Waals surface area contributed by atoms with Gasteiger partial charge in [0.25, 0.3) is 5.91 Å². The normalized spacial score (nSPS) is 32.5. The fraction of sp³-hybridized carbons (Fsp3) is 0.474. The largest absolute Gasteiger partial charge is 0.460 e. The number of amides is 1. The van der Waals surface area contributed by atoms with Gasteiger partial charge in [-0.15, -0.1) is 0 Å². The van der Waals surface area contributed by atoms with Crippen LogP contribution in [-0.4, -0.2) is 159 Å². The lowest BCUT2D eigenvalue weighted by atomic mass is 9.77. The molecule has 0 saturated carbocycles. The van der Waals surface area contributed by atoms with E-state index in [-0.39, 0.29) is 60.9 Å². The molecule has 11 atom stereocenters. The van der Waals surface area contributed by atoms with Crippen LogP contribution < -0.4 is 19.5 Å². The van der Waals surface area contributed by atoms with Crippen molar-refractivity contribution in [1.29, 1.82) is 0 Å². The van der Waals surface area contributed by atoms with Crippen molar-refractivity contribution in [2.24, 2.45) is 0 Å². The molecule has 5 unspecified atom stereocenters. The molecular formula is C38H42Cl2N2O16. The molecule has 4 aliphatic rings. The quantitative estimate of drug-likeness (QED) is 0.118. The number of nitrogens with zero attached hydrogens (tertiary/aromatic N) is 1. The predicted molar refractivity (Wildman–Crippen MR) is 199 cm³/mol. The number of ether oxygens (including phenoxy) is 6. The summed E-state index contributed by atoms with van der Waals surface area (Å²) in [6, 6.07) is 9.77. The Morgan fingerprint density at radius 2 is 1.45 bits per heavy atom. The maximum Gasteiger partial charge on any atom is 0.340 e. The molecule has 3 aromatic carbocycles. The Balaban J connectivity index is 1.33. The van der Waals surface area contributed by atoms with Gasteiger partial charge in [-0.3, -0.25) is 4.79 Å². The van der Waals surface area contributed by atoms with Gasteiger partial charge in [0.15, 0.2) is 5.60 Å². The van der Waals surface area contributed by atoms with Crippen LogP contribution in [0.3, 0.4) is 0 Å². The van der Waals surface area contributed by atoms with Crippen LogP contribution in [0.25, 0.3) is 0 Å². The van der Waals surface area contributed by atoms with Gasteiger partial charge >= 0.3 is 5.97 Å². The number of carbonyl (C=O) groups is 2. The van der Waals surface area contributed by atoms with Crippen molar-refractivity contribution in [2.75, 3.05) is 40.4 Å². The molecule has 314 valence electrons. The van der Waals surface area contributed by atoms with Crippen LogP contribution in [0.15, 0.2) is 42.5 Å². The van der Waals surface area contributed by atoms with Crippen molar-refractivity contribution in [3.05, 3.63) is 80.3 Å². The Bertz CT molecular complexity index is 2090. The number of halogens is 2. The Morgan fingerprint density at radius 1 is 0.828 bits per heavy atom. The second kappa shape index (κ2) is 16.0. The summed E-state index contributed by atoms with van der Waals surface area (Å²) in [5.41, 5.74) is -1.07. The number of aliphatic hydroxyl groups excluding tert-OH is 8. The number of esters is 1. The van der Waals surface area contributed by atoms with Crippen LogP contribution in [0.5, 0.6) is 23.0 Å². The third kappa shape index (κ3) is 7.15. The molecule has 4 aliphatic heterocycles. The molecule has 2 fully saturated rings.